The maximum Gasteiger partial charge on any atom is 0.335 e. The van der Waals surface area contributed by atoms with E-state index in [9.17, 15) is 4.79 Å². The number of carboxylic acid groups (broad SMARTS) is 1. The number of aromatic carboxylic acids is 1. The number of fused-ring (bicyclic) bond motifs is 1. The second-order valence-electron chi connectivity index (χ2n) is 8.38. The zero-order valence-corrected chi connectivity index (χ0v) is 16.4. The molecular weight excluding hydrogens is 354 g/mol. The second-order valence-corrected chi connectivity index (χ2v) is 8.38. The fraction of sp³-hybridized carbons (Fsp3) is 0.381. The Morgan fingerprint density at radius 2 is 2.00 bits per heavy atom. The van der Waals surface area contributed by atoms with Crippen molar-refractivity contribution in [3.8, 4) is 11.4 Å². The lowest BCUT2D eigenvalue weighted by molar-refractivity contribution is 0.0697. The van der Waals surface area contributed by atoms with Crippen LogP contribution in [-0.2, 0) is 24.9 Å². The van der Waals surface area contributed by atoms with Crippen molar-refractivity contribution in [1.82, 2.24) is 25.1 Å². The van der Waals surface area contributed by atoms with Gasteiger partial charge in [-0.1, -0.05) is 32.9 Å². The van der Waals surface area contributed by atoms with Gasteiger partial charge < -0.3 is 10.1 Å². The normalized spacial score (nSPS) is 14.8. The Labute approximate surface area is 163 Å². The fourth-order valence-corrected chi connectivity index (χ4v) is 3.46. The SMILES string of the molecule is CC(C)(C)c1cc(CN2CCc3nc(-c4ccc(C(=O)O)cc4)[nH]c3C2)[nH]n1. The first-order valence-corrected chi connectivity index (χ1v) is 9.48. The van der Waals surface area contributed by atoms with Crippen LogP contribution < -0.4 is 0 Å². The molecule has 7 heteroatoms. The Kier molecular flexibility index (Phi) is 4.55. The van der Waals surface area contributed by atoms with Gasteiger partial charge in [-0.3, -0.25) is 10.00 Å². The number of benzene rings is 1. The van der Waals surface area contributed by atoms with Crippen LogP contribution in [-0.4, -0.2) is 42.7 Å². The Hall–Kier alpha value is -2.93. The molecule has 0 saturated heterocycles. The minimum atomic E-state index is -0.922. The van der Waals surface area contributed by atoms with Gasteiger partial charge in [0.2, 0.25) is 0 Å². The first-order valence-electron chi connectivity index (χ1n) is 9.48. The molecule has 0 radical (unpaired) electrons. The minimum Gasteiger partial charge on any atom is -0.478 e. The van der Waals surface area contributed by atoms with Gasteiger partial charge >= 0.3 is 5.97 Å². The third-order valence-corrected chi connectivity index (χ3v) is 5.11. The number of aromatic amines is 2. The van der Waals surface area contributed by atoms with Gasteiger partial charge in [-0.15, -0.1) is 0 Å². The van der Waals surface area contributed by atoms with E-state index < -0.39 is 5.97 Å². The smallest absolute Gasteiger partial charge is 0.335 e. The van der Waals surface area contributed by atoms with Crippen molar-refractivity contribution in [1.29, 1.82) is 0 Å². The van der Waals surface area contributed by atoms with Crippen LogP contribution in [0, 0.1) is 0 Å². The van der Waals surface area contributed by atoms with E-state index in [1.54, 1.807) is 24.3 Å². The molecule has 0 spiro atoms. The van der Waals surface area contributed by atoms with Crippen LogP contribution in [0.4, 0.5) is 0 Å². The molecule has 0 atom stereocenters. The molecule has 0 fully saturated rings. The lowest BCUT2D eigenvalue weighted by atomic mass is 9.92. The topological polar surface area (TPSA) is 97.9 Å². The van der Waals surface area contributed by atoms with Crippen LogP contribution in [0.2, 0.25) is 0 Å². The highest BCUT2D eigenvalue weighted by molar-refractivity contribution is 5.88. The maximum absolute atomic E-state index is 11.0. The molecule has 1 aliphatic rings. The van der Waals surface area contributed by atoms with Gasteiger partial charge in [0.15, 0.2) is 0 Å². The van der Waals surface area contributed by atoms with E-state index in [1.807, 2.05) is 0 Å². The molecule has 0 aliphatic carbocycles. The van der Waals surface area contributed by atoms with Crippen molar-refractivity contribution < 1.29 is 9.90 Å². The molecule has 3 N–H and O–H groups in total. The molecule has 3 aromatic rings. The van der Waals surface area contributed by atoms with Crippen molar-refractivity contribution >= 4 is 5.97 Å². The van der Waals surface area contributed by atoms with Gasteiger partial charge in [0.1, 0.15) is 5.82 Å². The predicted octanol–water partition coefficient (Wildman–Crippen LogP) is 3.35. The second kappa shape index (κ2) is 6.91. The van der Waals surface area contributed by atoms with Crippen molar-refractivity contribution in [2.45, 2.75) is 45.7 Å². The molecule has 0 amide bonds. The molecule has 4 rings (SSSR count). The zero-order chi connectivity index (χ0) is 19.9. The summed E-state index contributed by atoms with van der Waals surface area (Å²) < 4.78 is 0. The maximum atomic E-state index is 11.0. The molecule has 0 unspecified atom stereocenters. The van der Waals surface area contributed by atoms with Crippen molar-refractivity contribution in [2.75, 3.05) is 6.54 Å². The molecule has 7 nitrogen and oxygen atoms in total. The van der Waals surface area contributed by atoms with Gasteiger partial charge in [-0.05, 0) is 18.2 Å². The summed E-state index contributed by atoms with van der Waals surface area (Å²) in [7, 11) is 0. The number of H-pyrrole nitrogens is 2. The fourth-order valence-electron chi connectivity index (χ4n) is 3.46. The molecule has 1 aliphatic heterocycles. The van der Waals surface area contributed by atoms with E-state index >= 15 is 0 Å². The average molecular weight is 379 g/mol. The van der Waals surface area contributed by atoms with Gasteiger partial charge in [0, 0.05) is 42.7 Å². The summed E-state index contributed by atoms with van der Waals surface area (Å²) in [5.41, 5.74) is 5.63. The molecule has 146 valence electrons. The Balaban J connectivity index is 1.47. The monoisotopic (exact) mass is 379 g/mol. The summed E-state index contributed by atoms with van der Waals surface area (Å²) in [5.74, 6) is -0.130. The zero-order valence-electron chi connectivity index (χ0n) is 16.4. The van der Waals surface area contributed by atoms with E-state index in [2.05, 4.69) is 46.9 Å². The summed E-state index contributed by atoms with van der Waals surface area (Å²) in [6.07, 6.45) is 0.888. The lowest BCUT2D eigenvalue weighted by Gasteiger charge is -2.25. The number of carboxylic acids is 1. The van der Waals surface area contributed by atoms with Crippen molar-refractivity contribution in [2.24, 2.45) is 0 Å². The summed E-state index contributed by atoms with van der Waals surface area (Å²) in [4.78, 5) is 21.5. The third kappa shape index (κ3) is 3.71. The Morgan fingerprint density at radius 3 is 2.64 bits per heavy atom. The third-order valence-electron chi connectivity index (χ3n) is 5.11. The summed E-state index contributed by atoms with van der Waals surface area (Å²) in [5, 5.41) is 16.6. The molecule has 28 heavy (non-hydrogen) atoms. The highest BCUT2D eigenvalue weighted by atomic mass is 16.4. The number of imidazole rings is 1. The van der Waals surface area contributed by atoms with Crippen LogP contribution in [0.1, 0.15) is 53.9 Å². The van der Waals surface area contributed by atoms with Crippen LogP contribution in [0.5, 0.6) is 0 Å². The number of nitrogens with zero attached hydrogens (tertiary/aromatic N) is 3. The van der Waals surface area contributed by atoms with E-state index in [-0.39, 0.29) is 11.0 Å². The first-order chi connectivity index (χ1) is 13.3. The van der Waals surface area contributed by atoms with Crippen molar-refractivity contribution in [3.05, 3.63) is 58.7 Å². The Bertz CT molecular complexity index is 995. The molecule has 3 heterocycles. The van der Waals surface area contributed by atoms with Crippen LogP contribution >= 0.6 is 0 Å². The number of hydrogen-bond acceptors (Lipinski definition) is 4. The van der Waals surface area contributed by atoms with Gasteiger partial charge in [-0.2, -0.15) is 5.10 Å². The van der Waals surface area contributed by atoms with Crippen molar-refractivity contribution in [3.63, 3.8) is 0 Å². The van der Waals surface area contributed by atoms with Crippen LogP contribution in [0.3, 0.4) is 0 Å². The van der Waals surface area contributed by atoms with Gasteiger partial charge in [0.25, 0.3) is 0 Å². The summed E-state index contributed by atoms with van der Waals surface area (Å²) >= 11 is 0. The molecule has 0 saturated carbocycles. The standard InChI is InChI=1S/C21H25N5O2/c1-21(2,3)18-10-15(24-25-18)11-26-9-8-16-17(12-26)23-19(22-16)13-4-6-14(7-5-13)20(27)28/h4-7,10H,8-9,11-12H2,1-3H3,(H,22,23)(H,24,25)(H,27,28). The van der Waals surface area contributed by atoms with Crippen LogP contribution in [0.15, 0.2) is 30.3 Å². The summed E-state index contributed by atoms with van der Waals surface area (Å²) in [6.45, 7) is 9.06. The van der Waals surface area contributed by atoms with E-state index in [4.69, 9.17) is 10.1 Å². The highest BCUT2D eigenvalue weighted by Gasteiger charge is 2.23. The molecular formula is C21H25N5O2. The van der Waals surface area contributed by atoms with E-state index in [0.29, 0.717) is 0 Å². The van der Waals surface area contributed by atoms with Gasteiger partial charge in [-0.25, -0.2) is 9.78 Å². The highest BCUT2D eigenvalue weighted by Crippen LogP contribution is 2.25. The van der Waals surface area contributed by atoms with E-state index in [0.717, 1.165) is 60.2 Å². The number of carbonyl (C=O) groups is 1. The number of rotatable bonds is 4. The summed E-state index contributed by atoms with van der Waals surface area (Å²) in [6, 6.07) is 8.96. The lowest BCUT2D eigenvalue weighted by Crippen LogP contribution is -2.30. The minimum absolute atomic E-state index is 0.0400. The van der Waals surface area contributed by atoms with Crippen LogP contribution in [0.25, 0.3) is 11.4 Å². The average Bonchev–Trinajstić information content (AvgIpc) is 3.28. The number of hydrogen-bond donors (Lipinski definition) is 3. The predicted molar refractivity (Wildman–Crippen MR) is 106 cm³/mol. The first kappa shape index (κ1) is 18.4. The van der Waals surface area contributed by atoms with E-state index in [1.165, 1.54) is 0 Å². The number of nitrogens with one attached hydrogen (secondary N) is 2. The largest absolute Gasteiger partial charge is 0.478 e. The molecule has 2 aromatic heterocycles. The quantitative estimate of drug-likeness (QED) is 0.646. The van der Waals surface area contributed by atoms with Gasteiger partial charge in [0.05, 0.1) is 22.6 Å². The molecule has 1 aromatic carbocycles. The Morgan fingerprint density at radius 1 is 1.25 bits per heavy atom. The molecule has 0 bridgehead atoms. The number of aromatic nitrogens is 4.